The smallest absolute Gasteiger partial charge is 0.122 e. The molecule has 0 saturated heterocycles. The van der Waals surface area contributed by atoms with Crippen LogP contribution in [0.4, 0.5) is 0 Å². The van der Waals surface area contributed by atoms with E-state index in [9.17, 15) is 9.90 Å². The van der Waals surface area contributed by atoms with E-state index in [1.54, 1.807) is 6.92 Å². The van der Waals surface area contributed by atoms with Crippen LogP contribution in [-0.4, -0.2) is 17.0 Å². The third kappa shape index (κ3) is 4.50. The van der Waals surface area contributed by atoms with Crippen LogP contribution in [0.1, 0.15) is 39.5 Å². The van der Waals surface area contributed by atoms with Crippen molar-refractivity contribution in [2.24, 2.45) is 0 Å². The van der Waals surface area contributed by atoms with Crippen LogP contribution in [0, 0.1) is 0 Å². The molecule has 1 atom stereocenters. The topological polar surface area (TPSA) is 37.3 Å². The monoisotopic (exact) mass is 144 g/mol. The van der Waals surface area contributed by atoms with Gasteiger partial charge in [-0.25, -0.2) is 0 Å². The molecule has 0 rings (SSSR count). The van der Waals surface area contributed by atoms with Gasteiger partial charge in [-0.3, -0.25) is 0 Å². The summed E-state index contributed by atoms with van der Waals surface area (Å²) in [6.07, 6.45) is 3.81. The van der Waals surface area contributed by atoms with Crippen molar-refractivity contribution in [1.29, 1.82) is 0 Å². The van der Waals surface area contributed by atoms with Crippen molar-refractivity contribution in [2.45, 2.75) is 45.1 Å². The first-order valence-corrected chi connectivity index (χ1v) is 3.78. The van der Waals surface area contributed by atoms with E-state index in [1.165, 1.54) is 0 Å². The van der Waals surface area contributed by atoms with Gasteiger partial charge in [0.15, 0.2) is 0 Å². The number of hydrogen-bond donors (Lipinski definition) is 1. The molecule has 0 aliphatic heterocycles. The molecule has 0 aromatic carbocycles. The van der Waals surface area contributed by atoms with Gasteiger partial charge in [0.05, 0.1) is 5.60 Å². The van der Waals surface area contributed by atoms with Crippen LogP contribution in [0.2, 0.25) is 0 Å². The molecule has 0 saturated carbocycles. The minimum atomic E-state index is -0.766. The molecule has 0 aromatic heterocycles. The van der Waals surface area contributed by atoms with Crippen LogP contribution in [0.5, 0.6) is 0 Å². The molecule has 0 radical (unpaired) electrons. The van der Waals surface area contributed by atoms with E-state index in [4.69, 9.17) is 0 Å². The van der Waals surface area contributed by atoms with Gasteiger partial charge < -0.3 is 9.90 Å². The van der Waals surface area contributed by atoms with Crippen LogP contribution in [0.3, 0.4) is 0 Å². The summed E-state index contributed by atoms with van der Waals surface area (Å²) in [6, 6.07) is 0. The summed E-state index contributed by atoms with van der Waals surface area (Å²) in [4.78, 5) is 10.0. The quantitative estimate of drug-likeness (QED) is 0.594. The molecule has 0 aliphatic rings. The minimum absolute atomic E-state index is 0.257. The lowest BCUT2D eigenvalue weighted by atomic mass is 9.96. The second-order valence-electron chi connectivity index (χ2n) is 2.97. The maximum Gasteiger partial charge on any atom is 0.122 e. The highest BCUT2D eigenvalue weighted by Gasteiger charge is 2.17. The van der Waals surface area contributed by atoms with Crippen molar-refractivity contribution < 1.29 is 9.90 Å². The number of aldehydes is 1. The number of carbonyl (C=O) groups excluding carboxylic acids is 1. The predicted octanol–water partition coefficient (Wildman–Crippen LogP) is 1.52. The summed E-state index contributed by atoms with van der Waals surface area (Å²) in [7, 11) is 0. The van der Waals surface area contributed by atoms with Crippen LogP contribution >= 0.6 is 0 Å². The van der Waals surface area contributed by atoms with Gasteiger partial charge in [0.2, 0.25) is 0 Å². The fraction of sp³-hybridized carbons (Fsp3) is 0.875. The van der Waals surface area contributed by atoms with Crippen molar-refractivity contribution >= 4 is 6.29 Å². The van der Waals surface area contributed by atoms with E-state index >= 15 is 0 Å². The average molecular weight is 144 g/mol. The Morgan fingerprint density at radius 1 is 1.60 bits per heavy atom. The molecule has 0 amide bonds. The van der Waals surface area contributed by atoms with Crippen molar-refractivity contribution in [3.63, 3.8) is 0 Å². The molecule has 1 N–H and O–H groups in total. The summed E-state index contributed by atoms with van der Waals surface area (Å²) in [6.45, 7) is 3.77. The van der Waals surface area contributed by atoms with E-state index in [-0.39, 0.29) is 6.42 Å². The molecule has 0 heterocycles. The number of aliphatic hydroxyl groups is 1. The third-order valence-electron chi connectivity index (χ3n) is 1.59. The Balaban J connectivity index is 3.51. The highest BCUT2D eigenvalue weighted by molar-refractivity contribution is 5.51. The lowest BCUT2D eigenvalue weighted by Gasteiger charge is -2.19. The molecular weight excluding hydrogens is 128 g/mol. The van der Waals surface area contributed by atoms with Gasteiger partial charge in [-0.05, 0) is 13.3 Å². The standard InChI is InChI=1S/C8H16O2/c1-3-4-5-8(2,10)6-7-9/h7,10H,3-6H2,1-2H3. The number of carbonyl (C=O) groups is 1. The highest BCUT2D eigenvalue weighted by atomic mass is 16.3. The Morgan fingerprint density at radius 2 is 2.20 bits per heavy atom. The second kappa shape index (κ2) is 4.45. The lowest BCUT2D eigenvalue weighted by molar-refractivity contribution is -0.112. The third-order valence-corrected chi connectivity index (χ3v) is 1.59. The number of hydrogen-bond acceptors (Lipinski definition) is 2. The molecule has 2 nitrogen and oxygen atoms in total. The van der Waals surface area contributed by atoms with Crippen LogP contribution < -0.4 is 0 Å². The van der Waals surface area contributed by atoms with Crippen LogP contribution in [-0.2, 0) is 4.79 Å². The van der Waals surface area contributed by atoms with Gasteiger partial charge in [0.25, 0.3) is 0 Å². The molecular formula is C8H16O2. The largest absolute Gasteiger partial charge is 0.390 e. The van der Waals surface area contributed by atoms with E-state index in [0.29, 0.717) is 0 Å². The molecule has 60 valence electrons. The first-order valence-electron chi connectivity index (χ1n) is 3.78. The summed E-state index contributed by atoms with van der Waals surface area (Å²) in [5, 5.41) is 9.41. The molecule has 0 bridgehead atoms. The number of unbranched alkanes of at least 4 members (excludes halogenated alkanes) is 1. The predicted molar refractivity (Wildman–Crippen MR) is 40.8 cm³/mol. The highest BCUT2D eigenvalue weighted by Crippen LogP contribution is 2.15. The molecule has 2 heteroatoms. The van der Waals surface area contributed by atoms with Gasteiger partial charge >= 0.3 is 0 Å². The molecule has 10 heavy (non-hydrogen) atoms. The van der Waals surface area contributed by atoms with Crippen molar-refractivity contribution in [2.75, 3.05) is 0 Å². The van der Waals surface area contributed by atoms with E-state index < -0.39 is 5.60 Å². The zero-order chi connectivity index (χ0) is 8.04. The molecule has 0 fully saturated rings. The zero-order valence-electron chi connectivity index (χ0n) is 6.76. The van der Waals surface area contributed by atoms with Crippen LogP contribution in [0.25, 0.3) is 0 Å². The Hall–Kier alpha value is -0.370. The van der Waals surface area contributed by atoms with Gasteiger partial charge in [-0.2, -0.15) is 0 Å². The Morgan fingerprint density at radius 3 is 2.60 bits per heavy atom. The van der Waals surface area contributed by atoms with Gasteiger partial charge in [-0.15, -0.1) is 0 Å². The van der Waals surface area contributed by atoms with Crippen molar-refractivity contribution in [3.8, 4) is 0 Å². The Labute approximate surface area is 62.2 Å². The number of rotatable bonds is 5. The fourth-order valence-electron chi connectivity index (χ4n) is 0.839. The maximum atomic E-state index is 10.0. The summed E-state index contributed by atoms with van der Waals surface area (Å²) in [5.74, 6) is 0. The normalized spacial score (nSPS) is 16.3. The zero-order valence-corrected chi connectivity index (χ0v) is 6.76. The maximum absolute atomic E-state index is 10.0. The molecule has 0 spiro atoms. The summed E-state index contributed by atoms with van der Waals surface area (Å²) < 4.78 is 0. The van der Waals surface area contributed by atoms with E-state index in [0.717, 1.165) is 25.5 Å². The summed E-state index contributed by atoms with van der Waals surface area (Å²) in [5.41, 5.74) is -0.766. The Kier molecular flexibility index (Phi) is 4.28. The van der Waals surface area contributed by atoms with Gasteiger partial charge in [-0.1, -0.05) is 19.8 Å². The van der Waals surface area contributed by atoms with E-state index in [2.05, 4.69) is 6.92 Å². The lowest BCUT2D eigenvalue weighted by Crippen LogP contribution is -2.24. The minimum Gasteiger partial charge on any atom is -0.390 e. The molecule has 1 unspecified atom stereocenters. The SMILES string of the molecule is CCCCC(C)(O)CC=O. The van der Waals surface area contributed by atoms with Crippen LogP contribution in [0.15, 0.2) is 0 Å². The first-order chi connectivity index (χ1) is 4.62. The molecule has 0 aromatic rings. The van der Waals surface area contributed by atoms with Gasteiger partial charge in [0.1, 0.15) is 6.29 Å². The average Bonchev–Trinajstić information content (AvgIpc) is 1.84. The van der Waals surface area contributed by atoms with E-state index in [1.807, 2.05) is 0 Å². The second-order valence-corrected chi connectivity index (χ2v) is 2.97. The van der Waals surface area contributed by atoms with Crippen molar-refractivity contribution in [3.05, 3.63) is 0 Å². The first kappa shape index (κ1) is 9.63. The Bertz CT molecular complexity index is 97.4. The molecule has 0 aliphatic carbocycles. The fourth-order valence-corrected chi connectivity index (χ4v) is 0.839. The summed E-state index contributed by atoms with van der Waals surface area (Å²) >= 11 is 0. The van der Waals surface area contributed by atoms with Crippen molar-refractivity contribution in [1.82, 2.24) is 0 Å². The van der Waals surface area contributed by atoms with Gasteiger partial charge in [0, 0.05) is 6.42 Å².